The number of imide groups is 1. The van der Waals surface area contributed by atoms with E-state index in [1.807, 2.05) is 12.1 Å². The van der Waals surface area contributed by atoms with E-state index in [2.05, 4.69) is 15.7 Å². The van der Waals surface area contributed by atoms with Gasteiger partial charge in [0, 0.05) is 18.9 Å². The number of aromatic nitrogens is 2. The van der Waals surface area contributed by atoms with Crippen LogP contribution in [0.2, 0.25) is 0 Å². The van der Waals surface area contributed by atoms with Gasteiger partial charge in [-0.25, -0.2) is 0 Å². The molecule has 7 heteroatoms. The fourth-order valence-electron chi connectivity index (χ4n) is 2.47. The summed E-state index contributed by atoms with van der Waals surface area (Å²) in [5.74, 6) is 0.0522. The van der Waals surface area contributed by atoms with Crippen LogP contribution >= 0.6 is 0 Å². The molecule has 7 nitrogen and oxygen atoms in total. The topological polar surface area (TPSA) is 102 Å². The Kier molecular flexibility index (Phi) is 2.81. The van der Waals surface area contributed by atoms with Crippen molar-refractivity contribution in [2.75, 3.05) is 11.1 Å². The number of piperidine rings is 1. The highest BCUT2D eigenvalue weighted by Gasteiger charge is 2.27. The highest BCUT2D eigenvalue weighted by atomic mass is 16.2. The summed E-state index contributed by atoms with van der Waals surface area (Å²) in [5, 5.41) is 10.6. The number of amides is 2. The standard InChI is InChI=1S/C13H15N5O2/c1-18-11-7(3-2-4-8(11)14)12(17-18)15-9-5-6-10(19)16-13(9)20/h2-4,9H,5-6,14H2,1H3,(H,15,17)(H,16,19,20). The summed E-state index contributed by atoms with van der Waals surface area (Å²) in [5.41, 5.74) is 7.39. The molecule has 2 aromatic rings. The van der Waals surface area contributed by atoms with Crippen LogP contribution in [0.4, 0.5) is 11.5 Å². The van der Waals surface area contributed by atoms with Crippen molar-refractivity contribution in [3.63, 3.8) is 0 Å². The number of carbonyl (C=O) groups is 2. The van der Waals surface area contributed by atoms with E-state index in [0.717, 1.165) is 10.9 Å². The molecule has 104 valence electrons. The Morgan fingerprint density at radius 3 is 3.00 bits per heavy atom. The second kappa shape index (κ2) is 4.52. The number of anilines is 2. The Bertz CT molecular complexity index is 706. The van der Waals surface area contributed by atoms with Gasteiger partial charge in [-0.15, -0.1) is 0 Å². The highest BCUT2D eigenvalue weighted by molar-refractivity contribution is 6.03. The van der Waals surface area contributed by atoms with Crippen molar-refractivity contribution in [1.29, 1.82) is 0 Å². The predicted molar refractivity (Wildman–Crippen MR) is 74.9 cm³/mol. The Labute approximate surface area is 115 Å². The molecular weight excluding hydrogens is 258 g/mol. The van der Waals surface area contributed by atoms with Gasteiger partial charge in [-0.05, 0) is 18.6 Å². The first-order valence-corrected chi connectivity index (χ1v) is 6.37. The third-order valence-electron chi connectivity index (χ3n) is 3.45. The van der Waals surface area contributed by atoms with E-state index in [-0.39, 0.29) is 11.8 Å². The molecule has 0 saturated carbocycles. The van der Waals surface area contributed by atoms with Crippen LogP contribution < -0.4 is 16.4 Å². The molecule has 2 heterocycles. The molecule has 1 fully saturated rings. The van der Waals surface area contributed by atoms with Crippen molar-refractivity contribution in [2.24, 2.45) is 7.05 Å². The molecule has 0 radical (unpaired) electrons. The maximum absolute atomic E-state index is 11.8. The summed E-state index contributed by atoms with van der Waals surface area (Å²) in [6, 6.07) is 5.09. The van der Waals surface area contributed by atoms with Gasteiger partial charge in [0.2, 0.25) is 11.8 Å². The van der Waals surface area contributed by atoms with Gasteiger partial charge in [0.1, 0.15) is 6.04 Å². The number of nitrogen functional groups attached to an aromatic ring is 1. The number of fused-ring (bicyclic) bond motifs is 1. The zero-order chi connectivity index (χ0) is 14.3. The van der Waals surface area contributed by atoms with Crippen molar-refractivity contribution in [1.82, 2.24) is 15.1 Å². The van der Waals surface area contributed by atoms with Crippen molar-refractivity contribution < 1.29 is 9.59 Å². The molecule has 20 heavy (non-hydrogen) atoms. The van der Waals surface area contributed by atoms with Crippen LogP contribution in [0.1, 0.15) is 12.8 Å². The second-order valence-corrected chi connectivity index (χ2v) is 4.86. The van der Waals surface area contributed by atoms with Crippen molar-refractivity contribution in [3.8, 4) is 0 Å². The zero-order valence-electron chi connectivity index (χ0n) is 11.0. The number of hydrogen-bond donors (Lipinski definition) is 3. The van der Waals surface area contributed by atoms with E-state index >= 15 is 0 Å². The molecule has 2 amide bonds. The average molecular weight is 273 g/mol. The first-order valence-electron chi connectivity index (χ1n) is 6.37. The number of nitrogens with zero attached hydrogens (tertiary/aromatic N) is 2. The van der Waals surface area contributed by atoms with Crippen LogP contribution in [-0.4, -0.2) is 27.6 Å². The zero-order valence-corrected chi connectivity index (χ0v) is 11.0. The maximum Gasteiger partial charge on any atom is 0.249 e. The minimum Gasteiger partial charge on any atom is -0.397 e. The summed E-state index contributed by atoms with van der Waals surface area (Å²) in [6.45, 7) is 0. The van der Waals surface area contributed by atoms with Gasteiger partial charge in [0.05, 0.1) is 11.2 Å². The van der Waals surface area contributed by atoms with Gasteiger partial charge >= 0.3 is 0 Å². The molecule has 0 spiro atoms. The van der Waals surface area contributed by atoms with Crippen LogP contribution in [0, 0.1) is 0 Å². The van der Waals surface area contributed by atoms with Crippen LogP contribution in [0.3, 0.4) is 0 Å². The first kappa shape index (κ1) is 12.5. The first-order chi connectivity index (χ1) is 9.56. The van der Waals surface area contributed by atoms with Crippen LogP contribution in [0.5, 0.6) is 0 Å². The summed E-state index contributed by atoms with van der Waals surface area (Å²) in [6.07, 6.45) is 0.793. The number of hydrogen-bond acceptors (Lipinski definition) is 5. The average Bonchev–Trinajstić information content (AvgIpc) is 2.71. The van der Waals surface area contributed by atoms with E-state index in [1.165, 1.54) is 0 Å². The van der Waals surface area contributed by atoms with Gasteiger partial charge < -0.3 is 11.1 Å². The molecule has 3 rings (SSSR count). The van der Waals surface area contributed by atoms with Gasteiger partial charge in [-0.2, -0.15) is 5.10 Å². The molecule has 1 aliphatic rings. The number of nitrogens with one attached hydrogen (secondary N) is 2. The highest BCUT2D eigenvalue weighted by Crippen LogP contribution is 2.27. The summed E-state index contributed by atoms with van der Waals surface area (Å²) >= 11 is 0. The molecule has 1 aromatic carbocycles. The van der Waals surface area contributed by atoms with Gasteiger partial charge in [0.15, 0.2) is 5.82 Å². The lowest BCUT2D eigenvalue weighted by molar-refractivity contribution is -0.133. The molecule has 1 unspecified atom stereocenters. The number of nitrogens with two attached hydrogens (primary N) is 1. The fraction of sp³-hybridized carbons (Fsp3) is 0.308. The van der Waals surface area contributed by atoms with Gasteiger partial charge in [0.25, 0.3) is 0 Å². The van der Waals surface area contributed by atoms with Crippen molar-refractivity contribution in [3.05, 3.63) is 18.2 Å². The maximum atomic E-state index is 11.8. The number of aryl methyl sites for hydroxylation is 1. The molecule has 1 aliphatic heterocycles. The van der Waals surface area contributed by atoms with E-state index in [1.54, 1.807) is 17.8 Å². The fourth-order valence-corrected chi connectivity index (χ4v) is 2.47. The number of rotatable bonds is 2. The van der Waals surface area contributed by atoms with Crippen LogP contribution in [0.25, 0.3) is 10.9 Å². The SMILES string of the molecule is Cn1nc(NC2CCC(=O)NC2=O)c2cccc(N)c21. The predicted octanol–water partition coefficient (Wildman–Crippen LogP) is 0.373. The Morgan fingerprint density at radius 1 is 1.45 bits per heavy atom. The second-order valence-electron chi connectivity index (χ2n) is 4.86. The molecule has 0 aliphatic carbocycles. The summed E-state index contributed by atoms with van der Waals surface area (Å²) in [4.78, 5) is 22.9. The lowest BCUT2D eigenvalue weighted by Crippen LogP contribution is -2.47. The summed E-state index contributed by atoms with van der Waals surface area (Å²) in [7, 11) is 1.80. The van der Waals surface area contributed by atoms with E-state index in [0.29, 0.717) is 24.3 Å². The normalized spacial score (nSPS) is 19.1. The number of carbonyl (C=O) groups excluding carboxylic acids is 2. The minimum atomic E-state index is -0.452. The minimum absolute atomic E-state index is 0.233. The van der Waals surface area contributed by atoms with Gasteiger partial charge in [-0.1, -0.05) is 6.07 Å². The van der Waals surface area contributed by atoms with E-state index < -0.39 is 6.04 Å². The number of para-hydroxylation sites is 1. The Morgan fingerprint density at radius 2 is 2.25 bits per heavy atom. The van der Waals surface area contributed by atoms with Crippen molar-refractivity contribution >= 4 is 34.2 Å². The van der Waals surface area contributed by atoms with E-state index in [4.69, 9.17) is 5.73 Å². The quantitative estimate of drug-likeness (QED) is 0.542. The van der Waals surface area contributed by atoms with Crippen LogP contribution in [-0.2, 0) is 16.6 Å². The van der Waals surface area contributed by atoms with Crippen LogP contribution in [0.15, 0.2) is 18.2 Å². The molecular formula is C13H15N5O2. The number of benzene rings is 1. The van der Waals surface area contributed by atoms with Gasteiger partial charge in [-0.3, -0.25) is 19.6 Å². The van der Waals surface area contributed by atoms with E-state index in [9.17, 15) is 9.59 Å². The molecule has 1 aromatic heterocycles. The monoisotopic (exact) mass is 273 g/mol. The molecule has 1 atom stereocenters. The Balaban J connectivity index is 1.94. The third kappa shape index (κ3) is 1.97. The molecule has 1 saturated heterocycles. The lowest BCUT2D eigenvalue weighted by Gasteiger charge is -2.21. The summed E-state index contributed by atoms with van der Waals surface area (Å²) < 4.78 is 1.68. The largest absolute Gasteiger partial charge is 0.397 e. The Hall–Kier alpha value is -2.57. The smallest absolute Gasteiger partial charge is 0.249 e. The molecule has 4 N–H and O–H groups in total. The van der Waals surface area contributed by atoms with Crippen molar-refractivity contribution in [2.45, 2.75) is 18.9 Å². The molecule has 0 bridgehead atoms. The third-order valence-corrected chi connectivity index (χ3v) is 3.45. The lowest BCUT2D eigenvalue weighted by atomic mass is 10.1.